The van der Waals surface area contributed by atoms with E-state index < -0.39 is 18.5 Å². The van der Waals surface area contributed by atoms with Crippen LogP contribution >= 0.6 is 0 Å². The van der Waals surface area contributed by atoms with E-state index in [4.69, 9.17) is 0 Å². The van der Waals surface area contributed by atoms with Crippen molar-refractivity contribution in [1.29, 1.82) is 0 Å². The van der Waals surface area contributed by atoms with Crippen molar-refractivity contribution in [2.24, 2.45) is 5.92 Å². The first-order chi connectivity index (χ1) is 10.8. The number of nitrogens with one attached hydrogen (secondary N) is 1. The summed E-state index contributed by atoms with van der Waals surface area (Å²) in [6.07, 6.45) is -3.09. The SMILES string of the molecule is CCn1ncc(CN2CC[C@H](CNC(=O)CC(F)(F)F)C2)c1C. The second kappa shape index (κ2) is 7.33. The second-order valence-corrected chi connectivity index (χ2v) is 6.06. The van der Waals surface area contributed by atoms with E-state index >= 15 is 0 Å². The molecule has 1 saturated heterocycles. The lowest BCUT2D eigenvalue weighted by molar-refractivity contribution is -0.153. The van der Waals surface area contributed by atoms with E-state index in [0.717, 1.165) is 38.3 Å². The number of amides is 1. The molecule has 0 spiro atoms. The molecule has 23 heavy (non-hydrogen) atoms. The van der Waals surface area contributed by atoms with Gasteiger partial charge >= 0.3 is 6.18 Å². The number of halogens is 3. The van der Waals surface area contributed by atoms with Gasteiger partial charge in [-0.25, -0.2) is 0 Å². The molecule has 2 heterocycles. The standard InChI is InChI=1S/C15H23F3N4O/c1-3-22-11(2)13(8-20-22)10-21-5-4-12(9-21)7-19-14(23)6-15(16,17)18/h8,12H,3-7,9-10H2,1-2H3,(H,19,23)/t12-/m1/s1. The minimum atomic E-state index is -4.44. The summed E-state index contributed by atoms with van der Waals surface area (Å²) >= 11 is 0. The van der Waals surface area contributed by atoms with Crippen LogP contribution in [0.5, 0.6) is 0 Å². The smallest absolute Gasteiger partial charge is 0.355 e. The van der Waals surface area contributed by atoms with Crippen molar-refractivity contribution in [3.05, 3.63) is 17.5 Å². The molecule has 1 amide bonds. The quantitative estimate of drug-likeness (QED) is 0.868. The van der Waals surface area contributed by atoms with Gasteiger partial charge in [0.25, 0.3) is 0 Å². The van der Waals surface area contributed by atoms with Gasteiger partial charge < -0.3 is 5.32 Å². The van der Waals surface area contributed by atoms with Gasteiger partial charge in [0.05, 0.1) is 6.20 Å². The van der Waals surface area contributed by atoms with Crippen LogP contribution in [0.15, 0.2) is 6.20 Å². The third kappa shape index (κ3) is 5.23. The molecule has 2 rings (SSSR count). The van der Waals surface area contributed by atoms with Crippen molar-refractivity contribution < 1.29 is 18.0 Å². The molecule has 1 N–H and O–H groups in total. The summed E-state index contributed by atoms with van der Waals surface area (Å²) in [5.74, 6) is -0.746. The van der Waals surface area contributed by atoms with Gasteiger partial charge in [-0.05, 0) is 32.7 Å². The van der Waals surface area contributed by atoms with Crippen LogP contribution in [-0.2, 0) is 17.9 Å². The van der Waals surface area contributed by atoms with Crippen LogP contribution in [0, 0.1) is 12.8 Å². The van der Waals surface area contributed by atoms with Gasteiger partial charge in [0.2, 0.25) is 5.91 Å². The molecule has 1 atom stereocenters. The fourth-order valence-corrected chi connectivity index (χ4v) is 2.93. The number of alkyl halides is 3. The first-order valence-corrected chi connectivity index (χ1v) is 7.85. The number of carbonyl (C=O) groups is 1. The second-order valence-electron chi connectivity index (χ2n) is 6.06. The summed E-state index contributed by atoms with van der Waals surface area (Å²) in [5, 5.41) is 6.70. The topological polar surface area (TPSA) is 50.2 Å². The van der Waals surface area contributed by atoms with Gasteiger partial charge in [-0.2, -0.15) is 18.3 Å². The van der Waals surface area contributed by atoms with Crippen LogP contribution < -0.4 is 5.32 Å². The van der Waals surface area contributed by atoms with E-state index in [1.807, 2.05) is 24.7 Å². The summed E-state index contributed by atoms with van der Waals surface area (Å²) in [6, 6.07) is 0. The molecule has 0 saturated carbocycles. The number of aromatic nitrogens is 2. The van der Waals surface area contributed by atoms with Crippen molar-refractivity contribution in [3.63, 3.8) is 0 Å². The van der Waals surface area contributed by atoms with Crippen molar-refractivity contribution in [2.45, 2.75) is 46.0 Å². The molecular weight excluding hydrogens is 309 g/mol. The maximum absolute atomic E-state index is 12.1. The molecule has 0 aliphatic carbocycles. The molecule has 1 aromatic rings. The molecule has 1 aliphatic rings. The minimum Gasteiger partial charge on any atom is -0.355 e. The molecule has 1 aliphatic heterocycles. The highest BCUT2D eigenvalue weighted by molar-refractivity contribution is 5.76. The molecular formula is C15H23F3N4O. The fourth-order valence-electron chi connectivity index (χ4n) is 2.93. The fraction of sp³-hybridized carbons (Fsp3) is 0.733. The lowest BCUT2D eigenvalue weighted by Crippen LogP contribution is -2.33. The molecule has 8 heteroatoms. The highest BCUT2D eigenvalue weighted by atomic mass is 19.4. The van der Waals surface area contributed by atoms with Crippen LogP contribution in [-0.4, -0.2) is 46.4 Å². The number of rotatable bonds is 6. The van der Waals surface area contributed by atoms with Crippen LogP contribution in [0.2, 0.25) is 0 Å². The lowest BCUT2D eigenvalue weighted by Gasteiger charge is -2.16. The van der Waals surface area contributed by atoms with Gasteiger partial charge in [-0.1, -0.05) is 0 Å². The number of nitrogens with zero attached hydrogens (tertiary/aromatic N) is 3. The van der Waals surface area contributed by atoms with E-state index in [2.05, 4.69) is 15.3 Å². The first-order valence-electron chi connectivity index (χ1n) is 7.85. The van der Waals surface area contributed by atoms with Crippen molar-refractivity contribution >= 4 is 5.91 Å². The summed E-state index contributed by atoms with van der Waals surface area (Å²) in [5.41, 5.74) is 2.32. The number of aryl methyl sites for hydroxylation is 1. The highest BCUT2D eigenvalue weighted by Crippen LogP contribution is 2.21. The van der Waals surface area contributed by atoms with Crippen LogP contribution in [0.25, 0.3) is 0 Å². The summed E-state index contributed by atoms with van der Waals surface area (Å²) in [6.45, 7) is 7.67. The Morgan fingerprint density at radius 1 is 1.48 bits per heavy atom. The minimum absolute atomic E-state index is 0.203. The maximum atomic E-state index is 12.1. The number of carbonyl (C=O) groups excluding carboxylic acids is 1. The van der Waals surface area contributed by atoms with Crippen LogP contribution in [0.1, 0.15) is 31.0 Å². The van der Waals surface area contributed by atoms with Gasteiger partial charge in [0, 0.05) is 37.4 Å². The number of likely N-dealkylation sites (tertiary alicyclic amines) is 1. The van der Waals surface area contributed by atoms with E-state index in [-0.39, 0.29) is 5.92 Å². The zero-order valence-corrected chi connectivity index (χ0v) is 13.5. The highest BCUT2D eigenvalue weighted by Gasteiger charge is 2.31. The van der Waals surface area contributed by atoms with Crippen molar-refractivity contribution in [2.75, 3.05) is 19.6 Å². The van der Waals surface area contributed by atoms with Gasteiger partial charge in [0.1, 0.15) is 6.42 Å². The van der Waals surface area contributed by atoms with Crippen LogP contribution in [0.3, 0.4) is 0 Å². The van der Waals surface area contributed by atoms with Gasteiger partial charge in [0.15, 0.2) is 0 Å². The molecule has 130 valence electrons. The Labute approximate surface area is 133 Å². The Morgan fingerprint density at radius 3 is 2.83 bits per heavy atom. The molecule has 0 bridgehead atoms. The van der Waals surface area contributed by atoms with Crippen molar-refractivity contribution in [3.8, 4) is 0 Å². The average Bonchev–Trinajstić information content (AvgIpc) is 3.03. The summed E-state index contributed by atoms with van der Waals surface area (Å²) in [7, 11) is 0. The molecule has 0 radical (unpaired) electrons. The Kier molecular flexibility index (Phi) is 5.67. The van der Waals surface area contributed by atoms with Crippen molar-refractivity contribution in [1.82, 2.24) is 20.0 Å². The molecule has 0 unspecified atom stereocenters. The zero-order valence-electron chi connectivity index (χ0n) is 13.5. The molecule has 0 aromatic carbocycles. The maximum Gasteiger partial charge on any atom is 0.397 e. The first kappa shape index (κ1) is 17.8. The Hall–Kier alpha value is -1.57. The van der Waals surface area contributed by atoms with E-state index in [1.165, 1.54) is 5.56 Å². The third-order valence-corrected chi connectivity index (χ3v) is 4.22. The predicted molar refractivity (Wildman–Crippen MR) is 79.7 cm³/mol. The van der Waals surface area contributed by atoms with Gasteiger partial charge in [-0.3, -0.25) is 14.4 Å². The van der Waals surface area contributed by atoms with E-state index in [0.29, 0.717) is 6.54 Å². The normalized spacial score (nSPS) is 19.3. The average molecular weight is 332 g/mol. The summed E-state index contributed by atoms with van der Waals surface area (Å²) < 4.78 is 38.3. The Balaban J connectivity index is 1.75. The monoisotopic (exact) mass is 332 g/mol. The molecule has 1 fully saturated rings. The Bertz CT molecular complexity index is 541. The lowest BCUT2D eigenvalue weighted by atomic mass is 10.1. The zero-order chi connectivity index (χ0) is 17.0. The Morgan fingerprint density at radius 2 is 2.22 bits per heavy atom. The van der Waals surface area contributed by atoms with Crippen LogP contribution in [0.4, 0.5) is 13.2 Å². The largest absolute Gasteiger partial charge is 0.397 e. The summed E-state index contributed by atoms with van der Waals surface area (Å²) in [4.78, 5) is 13.5. The number of hydrogen-bond donors (Lipinski definition) is 1. The molecule has 5 nitrogen and oxygen atoms in total. The number of hydrogen-bond acceptors (Lipinski definition) is 3. The van der Waals surface area contributed by atoms with Gasteiger partial charge in [-0.15, -0.1) is 0 Å². The predicted octanol–water partition coefficient (Wildman–Crippen LogP) is 2.10. The van der Waals surface area contributed by atoms with E-state index in [1.54, 1.807) is 0 Å². The third-order valence-electron chi connectivity index (χ3n) is 4.22. The van der Waals surface area contributed by atoms with E-state index in [9.17, 15) is 18.0 Å². The molecule has 1 aromatic heterocycles.